The molecule has 2 unspecified atom stereocenters. The first-order valence-electron chi connectivity index (χ1n) is 5.68. The van der Waals surface area contributed by atoms with Crippen LogP contribution in [0.5, 0.6) is 0 Å². The molecule has 0 aliphatic heterocycles. The summed E-state index contributed by atoms with van der Waals surface area (Å²) in [5, 5.41) is 0. The van der Waals surface area contributed by atoms with Gasteiger partial charge in [-0.3, -0.25) is 9.59 Å². The molecule has 90 valence electrons. The number of rotatable bonds is 4. The van der Waals surface area contributed by atoms with Crippen LogP contribution in [-0.4, -0.2) is 18.4 Å². The molecule has 1 rings (SSSR count). The number of esters is 1. The summed E-state index contributed by atoms with van der Waals surface area (Å²) in [4.78, 5) is 22.7. The Hall–Kier alpha value is -1.12. The van der Waals surface area contributed by atoms with Gasteiger partial charge in [0.25, 0.3) is 0 Å². The molecule has 1 aliphatic rings. The molecule has 16 heavy (non-hydrogen) atoms. The minimum atomic E-state index is -0.189. The lowest BCUT2D eigenvalue weighted by Crippen LogP contribution is -2.15. The highest BCUT2D eigenvalue weighted by atomic mass is 16.5. The van der Waals surface area contributed by atoms with Gasteiger partial charge in [0, 0.05) is 5.92 Å². The molecule has 0 spiro atoms. The summed E-state index contributed by atoms with van der Waals surface area (Å²) in [5.41, 5.74) is 0.546. The Labute approximate surface area is 96.9 Å². The summed E-state index contributed by atoms with van der Waals surface area (Å²) < 4.78 is 5.20. The number of ether oxygens (including phenoxy) is 1. The molecule has 1 aliphatic carbocycles. The fourth-order valence-corrected chi connectivity index (χ4v) is 2.33. The predicted molar refractivity (Wildman–Crippen MR) is 61.8 cm³/mol. The SMILES string of the molecule is C/C=C(/C=O)C1C(C(=O)OC(C)C)C1(C)C. The van der Waals surface area contributed by atoms with E-state index in [9.17, 15) is 9.59 Å². The molecular weight excluding hydrogens is 204 g/mol. The van der Waals surface area contributed by atoms with Crippen molar-refractivity contribution in [3.05, 3.63) is 11.6 Å². The summed E-state index contributed by atoms with van der Waals surface area (Å²) in [5.74, 6) is -0.348. The monoisotopic (exact) mass is 224 g/mol. The summed E-state index contributed by atoms with van der Waals surface area (Å²) in [6.45, 7) is 9.48. The summed E-state index contributed by atoms with van der Waals surface area (Å²) in [7, 11) is 0. The van der Waals surface area contributed by atoms with Crippen molar-refractivity contribution in [1.29, 1.82) is 0 Å². The van der Waals surface area contributed by atoms with Gasteiger partial charge in [0.05, 0.1) is 12.0 Å². The van der Waals surface area contributed by atoms with Gasteiger partial charge in [-0.1, -0.05) is 19.9 Å². The van der Waals surface area contributed by atoms with Crippen LogP contribution in [0.15, 0.2) is 11.6 Å². The normalized spacial score (nSPS) is 27.8. The molecule has 0 aromatic heterocycles. The lowest BCUT2D eigenvalue weighted by Gasteiger charge is -2.08. The largest absolute Gasteiger partial charge is 0.463 e. The van der Waals surface area contributed by atoms with Crippen LogP contribution >= 0.6 is 0 Å². The van der Waals surface area contributed by atoms with E-state index in [1.807, 2.05) is 34.6 Å². The zero-order chi connectivity index (χ0) is 12.5. The van der Waals surface area contributed by atoms with Gasteiger partial charge in [0.1, 0.15) is 6.29 Å². The van der Waals surface area contributed by atoms with Gasteiger partial charge in [-0.25, -0.2) is 0 Å². The first kappa shape index (κ1) is 12.9. The number of carbonyl (C=O) groups is 2. The van der Waals surface area contributed by atoms with E-state index in [1.165, 1.54) is 0 Å². The second-order valence-electron chi connectivity index (χ2n) is 5.17. The molecule has 0 bridgehead atoms. The van der Waals surface area contributed by atoms with Crippen LogP contribution in [0, 0.1) is 17.3 Å². The zero-order valence-corrected chi connectivity index (χ0v) is 10.6. The fraction of sp³-hybridized carbons (Fsp3) is 0.692. The fourth-order valence-electron chi connectivity index (χ4n) is 2.33. The third kappa shape index (κ3) is 2.18. The van der Waals surface area contributed by atoms with Crippen molar-refractivity contribution in [2.45, 2.75) is 40.7 Å². The minimum absolute atomic E-state index is 0.0150. The third-order valence-corrected chi connectivity index (χ3v) is 3.26. The highest BCUT2D eigenvalue weighted by Gasteiger charge is 2.63. The number of aldehydes is 1. The van der Waals surface area contributed by atoms with Crippen LogP contribution in [0.25, 0.3) is 0 Å². The Morgan fingerprint density at radius 2 is 1.88 bits per heavy atom. The summed E-state index contributed by atoms with van der Waals surface area (Å²) in [6, 6.07) is 0. The maximum Gasteiger partial charge on any atom is 0.310 e. The van der Waals surface area contributed by atoms with Crippen LogP contribution in [0.1, 0.15) is 34.6 Å². The maximum absolute atomic E-state index is 11.8. The first-order valence-corrected chi connectivity index (χ1v) is 5.68. The zero-order valence-electron chi connectivity index (χ0n) is 10.6. The molecule has 1 saturated carbocycles. The van der Waals surface area contributed by atoms with Crippen molar-refractivity contribution in [3.8, 4) is 0 Å². The third-order valence-electron chi connectivity index (χ3n) is 3.26. The number of hydrogen-bond donors (Lipinski definition) is 0. The molecule has 0 aromatic rings. The van der Waals surface area contributed by atoms with Gasteiger partial charge in [0.15, 0.2) is 0 Å². The van der Waals surface area contributed by atoms with E-state index in [0.29, 0.717) is 5.57 Å². The van der Waals surface area contributed by atoms with E-state index in [-0.39, 0.29) is 29.3 Å². The molecule has 3 nitrogen and oxygen atoms in total. The standard InChI is InChI=1S/C13H20O3/c1-6-9(7-14)10-11(13(10,4)5)12(15)16-8(2)3/h6-8,10-11H,1-5H3/b9-6-. The second kappa shape index (κ2) is 4.40. The van der Waals surface area contributed by atoms with E-state index >= 15 is 0 Å². The Morgan fingerprint density at radius 3 is 2.25 bits per heavy atom. The molecule has 0 radical (unpaired) electrons. The number of allylic oxidation sites excluding steroid dienone is 2. The van der Waals surface area contributed by atoms with E-state index < -0.39 is 0 Å². The van der Waals surface area contributed by atoms with Crippen molar-refractivity contribution >= 4 is 12.3 Å². The maximum atomic E-state index is 11.8. The molecule has 3 heteroatoms. The molecule has 0 saturated heterocycles. The second-order valence-corrected chi connectivity index (χ2v) is 5.17. The smallest absolute Gasteiger partial charge is 0.310 e. The molecule has 0 aromatic carbocycles. The van der Waals surface area contributed by atoms with Crippen LogP contribution in [-0.2, 0) is 14.3 Å². The van der Waals surface area contributed by atoms with Gasteiger partial charge < -0.3 is 4.74 Å². The molecule has 2 atom stereocenters. The highest BCUT2D eigenvalue weighted by Crippen LogP contribution is 2.61. The van der Waals surface area contributed by atoms with Gasteiger partial charge in [-0.05, 0) is 31.8 Å². The van der Waals surface area contributed by atoms with Crippen LogP contribution in [0.3, 0.4) is 0 Å². The van der Waals surface area contributed by atoms with E-state index in [2.05, 4.69) is 0 Å². The molecule has 0 amide bonds. The van der Waals surface area contributed by atoms with Crippen LogP contribution in [0.4, 0.5) is 0 Å². The number of carbonyl (C=O) groups excluding carboxylic acids is 2. The van der Waals surface area contributed by atoms with Crippen LogP contribution < -0.4 is 0 Å². The van der Waals surface area contributed by atoms with E-state index in [4.69, 9.17) is 4.74 Å². The average molecular weight is 224 g/mol. The average Bonchev–Trinajstić information content (AvgIpc) is 2.70. The molecule has 1 fully saturated rings. The van der Waals surface area contributed by atoms with E-state index in [1.54, 1.807) is 6.08 Å². The Morgan fingerprint density at radius 1 is 1.31 bits per heavy atom. The quantitative estimate of drug-likeness (QED) is 0.418. The molecule has 0 N–H and O–H groups in total. The van der Waals surface area contributed by atoms with Gasteiger partial charge in [0.2, 0.25) is 0 Å². The minimum Gasteiger partial charge on any atom is -0.463 e. The Balaban J connectivity index is 2.78. The Bertz CT molecular complexity index is 326. The van der Waals surface area contributed by atoms with Gasteiger partial charge in [-0.2, -0.15) is 0 Å². The predicted octanol–water partition coefficient (Wildman–Crippen LogP) is 2.36. The van der Waals surface area contributed by atoms with Gasteiger partial charge >= 0.3 is 5.97 Å². The Kier molecular flexibility index (Phi) is 3.56. The topological polar surface area (TPSA) is 43.4 Å². The summed E-state index contributed by atoms with van der Waals surface area (Å²) >= 11 is 0. The van der Waals surface area contributed by atoms with Crippen LogP contribution in [0.2, 0.25) is 0 Å². The summed E-state index contributed by atoms with van der Waals surface area (Å²) in [6.07, 6.45) is 2.52. The highest BCUT2D eigenvalue weighted by molar-refractivity contribution is 5.84. The lowest BCUT2D eigenvalue weighted by molar-refractivity contribution is -0.150. The van der Waals surface area contributed by atoms with Crippen molar-refractivity contribution in [3.63, 3.8) is 0 Å². The van der Waals surface area contributed by atoms with Crippen molar-refractivity contribution in [2.24, 2.45) is 17.3 Å². The molecular formula is C13H20O3. The molecule has 0 heterocycles. The van der Waals surface area contributed by atoms with Crippen molar-refractivity contribution in [1.82, 2.24) is 0 Å². The van der Waals surface area contributed by atoms with Crippen molar-refractivity contribution < 1.29 is 14.3 Å². The number of hydrogen-bond acceptors (Lipinski definition) is 3. The van der Waals surface area contributed by atoms with Gasteiger partial charge in [-0.15, -0.1) is 0 Å². The van der Waals surface area contributed by atoms with Crippen molar-refractivity contribution in [2.75, 3.05) is 0 Å². The van der Waals surface area contributed by atoms with E-state index in [0.717, 1.165) is 6.29 Å². The first-order chi connectivity index (χ1) is 7.36. The lowest BCUT2D eigenvalue weighted by atomic mass is 10.0.